The minimum Gasteiger partial charge on any atom is -0.493 e. The van der Waals surface area contributed by atoms with E-state index in [1.165, 1.54) is 56.7 Å². The number of anilines is 1. The van der Waals surface area contributed by atoms with Crippen LogP contribution in [-0.2, 0) is 16.2 Å². The van der Waals surface area contributed by atoms with E-state index in [2.05, 4.69) is 19.4 Å². The smallest absolute Gasteiger partial charge is 0.471 e. The first-order valence-corrected chi connectivity index (χ1v) is 10.0. The van der Waals surface area contributed by atoms with Crippen molar-refractivity contribution in [2.45, 2.75) is 11.1 Å². The maximum absolute atomic E-state index is 12.7. The molecule has 3 aromatic rings. The van der Waals surface area contributed by atoms with E-state index in [1.807, 2.05) is 0 Å². The van der Waals surface area contributed by atoms with Gasteiger partial charge >= 0.3 is 12.1 Å². The standard InChI is InChI=1S/C19H16F3N3O5S/c1-28-15-8-7-14(11-16(15)29-2)31(26,27)25-13-5-3-4-12(10-13)6-9-17-23-18(30-24-17)19(20,21)22/h3-11,25H,1-2H3/b9-6+. The van der Waals surface area contributed by atoms with Gasteiger partial charge in [0.25, 0.3) is 10.0 Å². The molecule has 1 heterocycles. The third kappa shape index (κ3) is 5.34. The topological polar surface area (TPSA) is 104 Å². The largest absolute Gasteiger partial charge is 0.493 e. The molecule has 0 bridgehead atoms. The Hall–Kier alpha value is -3.54. The van der Waals surface area contributed by atoms with Gasteiger partial charge in [0.15, 0.2) is 17.3 Å². The van der Waals surface area contributed by atoms with Gasteiger partial charge in [-0.05, 0) is 35.9 Å². The Morgan fingerprint density at radius 2 is 1.77 bits per heavy atom. The minimum atomic E-state index is -4.73. The average molecular weight is 455 g/mol. The van der Waals surface area contributed by atoms with Crippen molar-refractivity contribution in [1.82, 2.24) is 10.1 Å². The van der Waals surface area contributed by atoms with E-state index in [0.717, 1.165) is 0 Å². The molecular formula is C19H16F3N3O5S. The summed E-state index contributed by atoms with van der Waals surface area (Å²) in [5, 5.41) is 3.22. The highest BCUT2D eigenvalue weighted by Gasteiger charge is 2.38. The van der Waals surface area contributed by atoms with Gasteiger partial charge in [-0.1, -0.05) is 23.4 Å². The highest BCUT2D eigenvalue weighted by Crippen LogP contribution is 2.30. The van der Waals surface area contributed by atoms with Crippen LogP contribution < -0.4 is 14.2 Å². The van der Waals surface area contributed by atoms with Crippen LogP contribution in [0.15, 0.2) is 51.9 Å². The first-order chi connectivity index (χ1) is 14.6. The Morgan fingerprint density at radius 1 is 1.03 bits per heavy atom. The molecule has 0 radical (unpaired) electrons. The second-order valence-electron chi connectivity index (χ2n) is 6.04. The van der Waals surface area contributed by atoms with Crippen LogP contribution in [0.25, 0.3) is 12.2 Å². The maximum atomic E-state index is 12.7. The number of nitrogens with zero attached hydrogens (tertiary/aromatic N) is 2. The lowest BCUT2D eigenvalue weighted by Crippen LogP contribution is -2.13. The number of halogens is 3. The number of ether oxygens (including phenoxy) is 2. The summed E-state index contributed by atoms with van der Waals surface area (Å²) in [7, 11) is -1.12. The molecule has 3 rings (SSSR count). The van der Waals surface area contributed by atoms with Crippen LogP contribution in [0, 0.1) is 0 Å². The van der Waals surface area contributed by atoms with Crippen LogP contribution in [0.5, 0.6) is 11.5 Å². The van der Waals surface area contributed by atoms with Crippen molar-refractivity contribution in [3.63, 3.8) is 0 Å². The van der Waals surface area contributed by atoms with Gasteiger partial charge in [0, 0.05) is 11.8 Å². The van der Waals surface area contributed by atoms with Crippen LogP contribution in [0.1, 0.15) is 17.3 Å². The van der Waals surface area contributed by atoms with E-state index < -0.39 is 22.1 Å². The highest BCUT2D eigenvalue weighted by atomic mass is 32.2. The molecule has 0 aliphatic carbocycles. The van der Waals surface area contributed by atoms with E-state index >= 15 is 0 Å². The Morgan fingerprint density at radius 3 is 2.42 bits per heavy atom. The number of nitrogens with one attached hydrogen (secondary N) is 1. The molecule has 0 unspecified atom stereocenters. The van der Waals surface area contributed by atoms with Crippen molar-refractivity contribution in [3.05, 3.63) is 59.7 Å². The van der Waals surface area contributed by atoms with Gasteiger partial charge < -0.3 is 14.0 Å². The molecule has 0 saturated carbocycles. The number of methoxy groups -OCH3 is 2. The normalized spacial score (nSPS) is 12.2. The molecule has 0 aliphatic heterocycles. The lowest BCUT2D eigenvalue weighted by molar-refractivity contribution is -0.159. The lowest BCUT2D eigenvalue weighted by atomic mass is 10.2. The Balaban J connectivity index is 1.79. The number of hydrogen-bond acceptors (Lipinski definition) is 7. The van der Waals surface area contributed by atoms with Gasteiger partial charge in [-0.15, -0.1) is 0 Å². The predicted octanol–water partition coefficient (Wildman–Crippen LogP) is 4.08. The van der Waals surface area contributed by atoms with Crippen LogP contribution in [0.3, 0.4) is 0 Å². The number of aromatic nitrogens is 2. The van der Waals surface area contributed by atoms with Crippen molar-refractivity contribution in [2.24, 2.45) is 0 Å². The molecule has 0 fully saturated rings. The SMILES string of the molecule is COc1ccc(S(=O)(=O)Nc2cccc(/C=C/c3noc(C(F)(F)F)n3)c2)cc1OC. The number of alkyl halides is 3. The van der Waals surface area contributed by atoms with Gasteiger partial charge in [-0.25, -0.2) is 8.42 Å². The van der Waals surface area contributed by atoms with Crippen molar-refractivity contribution in [1.29, 1.82) is 0 Å². The Bertz CT molecular complexity index is 1210. The van der Waals surface area contributed by atoms with E-state index in [9.17, 15) is 21.6 Å². The Labute approximate surface area is 175 Å². The van der Waals surface area contributed by atoms with Crippen molar-refractivity contribution in [2.75, 3.05) is 18.9 Å². The monoisotopic (exact) mass is 455 g/mol. The number of benzene rings is 2. The van der Waals surface area contributed by atoms with Gasteiger partial charge in [0.2, 0.25) is 0 Å². The second-order valence-corrected chi connectivity index (χ2v) is 7.72. The molecule has 12 heteroatoms. The van der Waals surface area contributed by atoms with Crippen LogP contribution >= 0.6 is 0 Å². The van der Waals surface area contributed by atoms with Crippen molar-refractivity contribution < 1.29 is 35.6 Å². The third-order valence-corrected chi connectivity index (χ3v) is 5.29. The number of rotatable bonds is 7. The summed E-state index contributed by atoms with van der Waals surface area (Å²) < 4.78 is 79.7. The summed E-state index contributed by atoms with van der Waals surface area (Å²) in [5.41, 5.74) is 0.729. The number of hydrogen-bond donors (Lipinski definition) is 1. The molecule has 1 aromatic heterocycles. The summed E-state index contributed by atoms with van der Waals surface area (Å²) in [6.45, 7) is 0. The first kappa shape index (κ1) is 22.2. The van der Waals surface area contributed by atoms with E-state index in [1.54, 1.807) is 12.1 Å². The van der Waals surface area contributed by atoms with E-state index in [-0.39, 0.29) is 22.2 Å². The molecule has 0 atom stereocenters. The molecule has 0 saturated heterocycles. The fourth-order valence-electron chi connectivity index (χ4n) is 2.49. The molecule has 8 nitrogen and oxygen atoms in total. The average Bonchev–Trinajstić information content (AvgIpc) is 3.21. The van der Waals surface area contributed by atoms with Gasteiger partial charge in [-0.2, -0.15) is 18.2 Å². The fourth-order valence-corrected chi connectivity index (χ4v) is 3.56. The predicted molar refractivity (Wildman–Crippen MR) is 105 cm³/mol. The number of sulfonamides is 1. The van der Waals surface area contributed by atoms with Crippen molar-refractivity contribution in [3.8, 4) is 11.5 Å². The van der Waals surface area contributed by atoms with Gasteiger partial charge in [-0.3, -0.25) is 4.72 Å². The summed E-state index contributed by atoms with van der Waals surface area (Å²) in [6, 6.07) is 10.3. The molecule has 0 spiro atoms. The molecule has 164 valence electrons. The van der Waals surface area contributed by atoms with Crippen molar-refractivity contribution >= 4 is 27.9 Å². The molecule has 0 aliphatic rings. The highest BCUT2D eigenvalue weighted by molar-refractivity contribution is 7.92. The van der Waals surface area contributed by atoms with E-state index in [0.29, 0.717) is 11.3 Å². The minimum absolute atomic E-state index is 0.0439. The molecule has 0 amide bonds. The Kier molecular flexibility index (Phi) is 6.20. The molecule has 1 N–H and O–H groups in total. The summed E-state index contributed by atoms with van der Waals surface area (Å²) >= 11 is 0. The zero-order valence-electron chi connectivity index (χ0n) is 16.2. The molecule has 2 aromatic carbocycles. The zero-order valence-corrected chi connectivity index (χ0v) is 17.0. The zero-order chi connectivity index (χ0) is 22.6. The maximum Gasteiger partial charge on any atom is 0.471 e. The summed E-state index contributed by atoms with van der Waals surface area (Å²) in [4.78, 5) is 3.18. The third-order valence-electron chi connectivity index (χ3n) is 3.91. The molecular weight excluding hydrogens is 439 g/mol. The van der Waals surface area contributed by atoms with Crippen LogP contribution in [0.4, 0.5) is 18.9 Å². The van der Waals surface area contributed by atoms with Gasteiger partial charge in [0.1, 0.15) is 0 Å². The van der Waals surface area contributed by atoms with Gasteiger partial charge in [0.05, 0.1) is 19.1 Å². The summed E-state index contributed by atoms with van der Waals surface area (Å²) in [6.07, 6.45) is -2.11. The quantitative estimate of drug-likeness (QED) is 0.573. The summed E-state index contributed by atoms with van der Waals surface area (Å²) in [5.74, 6) is -1.10. The lowest BCUT2D eigenvalue weighted by Gasteiger charge is -2.12. The first-order valence-electron chi connectivity index (χ1n) is 8.56. The van der Waals surface area contributed by atoms with Crippen LogP contribution in [-0.4, -0.2) is 32.8 Å². The molecule has 31 heavy (non-hydrogen) atoms. The van der Waals surface area contributed by atoms with Crippen LogP contribution in [0.2, 0.25) is 0 Å². The fraction of sp³-hybridized carbons (Fsp3) is 0.158. The van der Waals surface area contributed by atoms with E-state index in [4.69, 9.17) is 9.47 Å². The second kappa shape index (κ2) is 8.68.